The Labute approximate surface area is 229 Å². The van der Waals surface area contributed by atoms with Gasteiger partial charge in [-0.25, -0.2) is 8.42 Å². The van der Waals surface area contributed by atoms with Crippen molar-refractivity contribution in [2.24, 2.45) is 0 Å². The van der Waals surface area contributed by atoms with Crippen molar-refractivity contribution in [2.75, 3.05) is 25.0 Å². The van der Waals surface area contributed by atoms with E-state index >= 15 is 0 Å². The lowest BCUT2D eigenvalue weighted by atomic mass is 10.1. The molecule has 2 amide bonds. The van der Waals surface area contributed by atoms with Crippen molar-refractivity contribution in [2.45, 2.75) is 37.8 Å². The standard InChI is InChI=1S/C28H32ClN3O5S/c1-5-25(28(34)30-3)31(18-21-10-9-11-23(17-21)37-4)27(33)19-32(26-15-14-22(29)16-20(26)2)38(35,36)24-12-7-6-8-13-24/h6-17,25H,5,18-19H2,1-4H3,(H,30,34)/t25-/m0/s1. The van der Waals surface area contributed by atoms with Crippen LogP contribution in [0.5, 0.6) is 5.75 Å². The number of rotatable bonds is 11. The molecule has 0 spiro atoms. The summed E-state index contributed by atoms with van der Waals surface area (Å²) in [6.07, 6.45) is 0.334. The molecule has 38 heavy (non-hydrogen) atoms. The number of sulfonamides is 1. The number of methoxy groups -OCH3 is 1. The molecule has 0 bridgehead atoms. The van der Waals surface area contributed by atoms with Gasteiger partial charge in [-0.05, 0) is 66.9 Å². The quantitative estimate of drug-likeness (QED) is 0.377. The summed E-state index contributed by atoms with van der Waals surface area (Å²) in [6.45, 7) is 3.10. The molecule has 0 fully saturated rings. The van der Waals surface area contributed by atoms with Crippen molar-refractivity contribution in [3.8, 4) is 5.75 Å². The van der Waals surface area contributed by atoms with Gasteiger partial charge in [-0.3, -0.25) is 13.9 Å². The van der Waals surface area contributed by atoms with Crippen molar-refractivity contribution < 1.29 is 22.7 Å². The highest BCUT2D eigenvalue weighted by atomic mass is 35.5. The molecule has 0 aliphatic heterocycles. The minimum absolute atomic E-state index is 0.0415. The molecule has 0 aliphatic rings. The lowest BCUT2D eigenvalue weighted by Gasteiger charge is -2.33. The molecular formula is C28H32ClN3O5S. The number of carbonyl (C=O) groups excluding carboxylic acids is 2. The largest absolute Gasteiger partial charge is 0.497 e. The van der Waals surface area contributed by atoms with Gasteiger partial charge in [0.05, 0.1) is 17.7 Å². The minimum Gasteiger partial charge on any atom is -0.497 e. The molecule has 3 aromatic carbocycles. The van der Waals surface area contributed by atoms with E-state index in [1.165, 1.54) is 24.1 Å². The number of anilines is 1. The average molecular weight is 558 g/mol. The first-order valence-electron chi connectivity index (χ1n) is 12.1. The molecule has 10 heteroatoms. The van der Waals surface area contributed by atoms with Gasteiger partial charge in [0.15, 0.2) is 0 Å². The summed E-state index contributed by atoms with van der Waals surface area (Å²) in [5.74, 6) is -0.269. The summed E-state index contributed by atoms with van der Waals surface area (Å²) in [7, 11) is -1.09. The highest BCUT2D eigenvalue weighted by molar-refractivity contribution is 7.92. The van der Waals surface area contributed by atoms with Crippen molar-refractivity contribution >= 4 is 39.1 Å². The van der Waals surface area contributed by atoms with Crippen LogP contribution in [0.1, 0.15) is 24.5 Å². The van der Waals surface area contributed by atoms with E-state index in [4.69, 9.17) is 16.3 Å². The first kappa shape index (κ1) is 29.0. The van der Waals surface area contributed by atoms with E-state index in [0.29, 0.717) is 28.4 Å². The maximum Gasteiger partial charge on any atom is 0.264 e. The van der Waals surface area contributed by atoms with Gasteiger partial charge in [-0.1, -0.05) is 48.9 Å². The van der Waals surface area contributed by atoms with E-state index in [-0.39, 0.29) is 17.3 Å². The second-order valence-electron chi connectivity index (χ2n) is 8.67. The molecule has 202 valence electrons. The molecule has 1 atom stereocenters. The highest BCUT2D eigenvalue weighted by Crippen LogP contribution is 2.29. The number of ether oxygens (including phenoxy) is 1. The Kier molecular flexibility index (Phi) is 9.77. The van der Waals surface area contributed by atoms with E-state index in [1.54, 1.807) is 75.6 Å². The summed E-state index contributed by atoms with van der Waals surface area (Å²) >= 11 is 6.14. The molecule has 8 nitrogen and oxygen atoms in total. The Balaban J connectivity index is 2.09. The van der Waals surface area contributed by atoms with Crippen LogP contribution in [-0.4, -0.2) is 51.9 Å². The van der Waals surface area contributed by atoms with Crippen molar-refractivity contribution in [1.29, 1.82) is 0 Å². The molecule has 3 rings (SSSR count). The molecule has 0 saturated carbocycles. The van der Waals surface area contributed by atoms with Crippen LogP contribution < -0.4 is 14.4 Å². The van der Waals surface area contributed by atoms with Crippen molar-refractivity contribution in [3.63, 3.8) is 0 Å². The Morgan fingerprint density at radius 1 is 1.03 bits per heavy atom. The fourth-order valence-corrected chi connectivity index (χ4v) is 5.91. The van der Waals surface area contributed by atoms with E-state index < -0.39 is 28.5 Å². The van der Waals surface area contributed by atoms with E-state index in [9.17, 15) is 18.0 Å². The number of nitrogens with zero attached hydrogens (tertiary/aromatic N) is 2. The predicted octanol–water partition coefficient (Wildman–Crippen LogP) is 4.41. The number of hydrogen-bond donors (Lipinski definition) is 1. The number of benzene rings is 3. The molecule has 0 heterocycles. The minimum atomic E-state index is -4.14. The second-order valence-corrected chi connectivity index (χ2v) is 11.0. The first-order valence-corrected chi connectivity index (χ1v) is 13.9. The van der Waals surface area contributed by atoms with Crippen LogP contribution in [-0.2, 0) is 26.2 Å². The van der Waals surface area contributed by atoms with Crippen LogP contribution in [0.25, 0.3) is 0 Å². The number of likely N-dealkylation sites (N-methyl/N-ethyl adjacent to an activating group) is 1. The van der Waals surface area contributed by atoms with Crippen LogP contribution in [0.15, 0.2) is 77.7 Å². The van der Waals surface area contributed by atoms with Gasteiger partial charge in [0.1, 0.15) is 18.3 Å². The van der Waals surface area contributed by atoms with Crippen LogP contribution in [0.2, 0.25) is 5.02 Å². The predicted molar refractivity (Wildman–Crippen MR) is 149 cm³/mol. The number of aryl methyl sites for hydroxylation is 1. The van der Waals surface area contributed by atoms with Crippen LogP contribution in [0.3, 0.4) is 0 Å². The van der Waals surface area contributed by atoms with Crippen LogP contribution in [0.4, 0.5) is 5.69 Å². The third-order valence-corrected chi connectivity index (χ3v) is 8.17. The SMILES string of the molecule is CC[C@@H](C(=O)NC)N(Cc1cccc(OC)c1)C(=O)CN(c1ccc(Cl)cc1C)S(=O)(=O)c1ccccc1. The van der Waals surface area contributed by atoms with Gasteiger partial charge >= 0.3 is 0 Å². The zero-order valence-corrected chi connectivity index (χ0v) is 23.4. The lowest BCUT2D eigenvalue weighted by molar-refractivity contribution is -0.140. The maximum absolute atomic E-state index is 13.9. The third-order valence-electron chi connectivity index (χ3n) is 6.16. The number of carbonyl (C=O) groups is 2. The average Bonchev–Trinajstić information content (AvgIpc) is 2.92. The zero-order valence-electron chi connectivity index (χ0n) is 21.8. The fourth-order valence-electron chi connectivity index (χ4n) is 4.19. The molecule has 3 aromatic rings. The zero-order chi connectivity index (χ0) is 27.9. The fraction of sp³-hybridized carbons (Fsp3) is 0.286. The Bertz CT molecular complexity index is 1380. The second kappa shape index (κ2) is 12.8. The van der Waals surface area contributed by atoms with Crippen LogP contribution in [0, 0.1) is 6.92 Å². The number of halogens is 1. The number of hydrogen-bond acceptors (Lipinski definition) is 5. The normalized spacial score (nSPS) is 11.9. The third kappa shape index (κ3) is 6.65. The highest BCUT2D eigenvalue weighted by Gasteiger charge is 2.34. The maximum atomic E-state index is 13.9. The summed E-state index contributed by atoms with van der Waals surface area (Å²) in [5, 5.41) is 3.06. The van der Waals surface area contributed by atoms with E-state index in [0.717, 1.165) is 9.87 Å². The lowest BCUT2D eigenvalue weighted by Crippen LogP contribution is -2.51. The van der Waals surface area contributed by atoms with Crippen molar-refractivity contribution in [3.05, 3.63) is 88.9 Å². The molecule has 0 aromatic heterocycles. The molecule has 0 aliphatic carbocycles. The first-order chi connectivity index (χ1) is 18.1. The molecule has 1 N–H and O–H groups in total. The van der Waals surface area contributed by atoms with Crippen molar-refractivity contribution in [1.82, 2.24) is 10.2 Å². The van der Waals surface area contributed by atoms with Gasteiger partial charge in [0.2, 0.25) is 11.8 Å². The van der Waals surface area contributed by atoms with Gasteiger partial charge in [-0.15, -0.1) is 0 Å². The van der Waals surface area contributed by atoms with Gasteiger partial charge in [-0.2, -0.15) is 0 Å². The summed E-state index contributed by atoms with van der Waals surface area (Å²) in [4.78, 5) is 28.2. The Morgan fingerprint density at radius 2 is 1.74 bits per heavy atom. The molecular weight excluding hydrogens is 526 g/mol. The number of nitrogens with one attached hydrogen (secondary N) is 1. The smallest absolute Gasteiger partial charge is 0.264 e. The Hall–Kier alpha value is -3.56. The monoisotopic (exact) mass is 557 g/mol. The summed E-state index contributed by atoms with van der Waals surface area (Å²) in [6, 6.07) is 19.1. The van der Waals surface area contributed by atoms with E-state index in [2.05, 4.69) is 5.32 Å². The van der Waals surface area contributed by atoms with Gasteiger partial charge in [0, 0.05) is 18.6 Å². The van der Waals surface area contributed by atoms with Crippen LogP contribution >= 0.6 is 11.6 Å². The molecule has 0 unspecified atom stereocenters. The summed E-state index contributed by atoms with van der Waals surface area (Å²) < 4.78 is 34.0. The van der Waals surface area contributed by atoms with Gasteiger partial charge < -0.3 is 15.0 Å². The Morgan fingerprint density at radius 3 is 2.34 bits per heavy atom. The summed E-state index contributed by atoms with van der Waals surface area (Å²) in [5.41, 5.74) is 1.64. The van der Waals surface area contributed by atoms with E-state index in [1.807, 2.05) is 6.07 Å². The molecule has 0 saturated heterocycles. The number of amides is 2. The van der Waals surface area contributed by atoms with Gasteiger partial charge in [0.25, 0.3) is 10.0 Å². The topological polar surface area (TPSA) is 96.0 Å². The molecule has 0 radical (unpaired) electrons.